The maximum atomic E-state index is 14.4. The molecule has 2 aromatic heterocycles. The average molecular weight is 338 g/mol. The molecule has 0 aliphatic heterocycles. The largest absolute Gasteiger partial charge is 0.369 e. The van der Waals surface area contributed by atoms with Gasteiger partial charge in [-0.1, -0.05) is 19.9 Å². The standard InChI is InChI=1S/C20H23FN4/c1-11-18(24-19(22)23-11)17-16(20(17,2)3)12-7-8-14(21)13(10-12)15-6-5-9-25(15)4/h5-10,16-17H,1-4H3,(H3,22,23,24). The monoisotopic (exact) mass is 338 g/mol. The predicted molar refractivity (Wildman–Crippen MR) is 97.8 cm³/mol. The first-order chi connectivity index (χ1) is 11.8. The van der Waals surface area contributed by atoms with Crippen molar-refractivity contribution in [2.45, 2.75) is 32.6 Å². The van der Waals surface area contributed by atoms with Crippen LogP contribution in [0.5, 0.6) is 0 Å². The molecule has 0 spiro atoms. The summed E-state index contributed by atoms with van der Waals surface area (Å²) < 4.78 is 16.4. The van der Waals surface area contributed by atoms with E-state index in [1.54, 1.807) is 6.07 Å². The third kappa shape index (κ3) is 2.37. The number of imidazole rings is 1. The zero-order valence-electron chi connectivity index (χ0n) is 15.0. The van der Waals surface area contributed by atoms with Crippen LogP contribution in [0.15, 0.2) is 36.5 Å². The number of aryl methyl sites for hydroxylation is 2. The highest BCUT2D eigenvalue weighted by Crippen LogP contribution is 2.70. The molecule has 5 heteroatoms. The van der Waals surface area contributed by atoms with Gasteiger partial charge in [-0.05, 0) is 48.1 Å². The highest BCUT2D eigenvalue weighted by atomic mass is 19.1. The lowest BCUT2D eigenvalue weighted by molar-refractivity contribution is 0.596. The van der Waals surface area contributed by atoms with Gasteiger partial charge in [0.05, 0.1) is 11.4 Å². The van der Waals surface area contributed by atoms with Crippen molar-refractivity contribution in [1.29, 1.82) is 0 Å². The van der Waals surface area contributed by atoms with Crippen molar-refractivity contribution < 1.29 is 4.39 Å². The van der Waals surface area contributed by atoms with Crippen molar-refractivity contribution in [3.8, 4) is 11.3 Å². The fraction of sp³-hybridized carbons (Fsp3) is 0.350. The first kappa shape index (κ1) is 15.9. The van der Waals surface area contributed by atoms with E-state index in [9.17, 15) is 4.39 Å². The number of halogens is 1. The van der Waals surface area contributed by atoms with Crippen LogP contribution in [0.25, 0.3) is 11.3 Å². The smallest absolute Gasteiger partial charge is 0.197 e. The van der Waals surface area contributed by atoms with Crippen LogP contribution in [-0.2, 0) is 7.05 Å². The fourth-order valence-electron chi connectivity index (χ4n) is 4.24. The van der Waals surface area contributed by atoms with Crippen LogP contribution in [0.1, 0.15) is 42.6 Å². The molecule has 1 aliphatic rings. The Morgan fingerprint density at radius 2 is 2.00 bits per heavy atom. The van der Waals surface area contributed by atoms with Crippen molar-refractivity contribution >= 4 is 5.95 Å². The summed E-state index contributed by atoms with van der Waals surface area (Å²) in [5.41, 5.74) is 10.6. The summed E-state index contributed by atoms with van der Waals surface area (Å²) in [6.45, 7) is 6.47. The molecule has 4 rings (SSSR count). The van der Waals surface area contributed by atoms with Gasteiger partial charge in [-0.2, -0.15) is 0 Å². The van der Waals surface area contributed by atoms with E-state index in [0.717, 1.165) is 22.6 Å². The van der Waals surface area contributed by atoms with Gasteiger partial charge in [-0.25, -0.2) is 9.37 Å². The summed E-state index contributed by atoms with van der Waals surface area (Å²) >= 11 is 0. The van der Waals surface area contributed by atoms with Crippen LogP contribution in [-0.4, -0.2) is 14.5 Å². The molecule has 0 bridgehead atoms. The number of benzene rings is 1. The quantitative estimate of drug-likeness (QED) is 0.746. The van der Waals surface area contributed by atoms with E-state index < -0.39 is 0 Å². The van der Waals surface area contributed by atoms with Gasteiger partial charge in [0.2, 0.25) is 0 Å². The van der Waals surface area contributed by atoms with Crippen LogP contribution in [0.4, 0.5) is 10.3 Å². The van der Waals surface area contributed by atoms with E-state index in [2.05, 4.69) is 23.8 Å². The van der Waals surface area contributed by atoms with Gasteiger partial charge in [-0.3, -0.25) is 0 Å². The Hall–Kier alpha value is -2.56. The SMILES string of the molecule is Cc1[nH]c(N)nc1C1C(c2ccc(F)c(-c3cccn3C)c2)C1(C)C. The summed E-state index contributed by atoms with van der Waals surface area (Å²) in [5, 5.41) is 0. The Morgan fingerprint density at radius 3 is 2.60 bits per heavy atom. The first-order valence-electron chi connectivity index (χ1n) is 8.54. The van der Waals surface area contributed by atoms with E-state index >= 15 is 0 Å². The lowest BCUT2D eigenvalue weighted by Gasteiger charge is -2.09. The number of hydrogen-bond acceptors (Lipinski definition) is 2. The number of aromatic nitrogens is 3. The zero-order valence-corrected chi connectivity index (χ0v) is 15.0. The molecule has 1 saturated carbocycles. The Morgan fingerprint density at radius 1 is 1.24 bits per heavy atom. The number of nitrogens with two attached hydrogens (primary N) is 1. The average Bonchev–Trinajstić information content (AvgIpc) is 2.84. The second-order valence-electron chi connectivity index (χ2n) is 7.65. The van der Waals surface area contributed by atoms with E-state index in [4.69, 9.17) is 5.73 Å². The van der Waals surface area contributed by atoms with E-state index in [0.29, 0.717) is 17.4 Å². The van der Waals surface area contributed by atoms with Crippen LogP contribution in [0.3, 0.4) is 0 Å². The summed E-state index contributed by atoms with van der Waals surface area (Å²) in [6, 6.07) is 9.34. The number of hydrogen-bond donors (Lipinski definition) is 2. The number of nitrogens with one attached hydrogen (secondary N) is 1. The van der Waals surface area contributed by atoms with Crippen molar-refractivity contribution in [2.24, 2.45) is 12.5 Å². The van der Waals surface area contributed by atoms with Gasteiger partial charge in [-0.15, -0.1) is 0 Å². The van der Waals surface area contributed by atoms with Gasteiger partial charge < -0.3 is 15.3 Å². The molecule has 0 radical (unpaired) electrons. The van der Waals surface area contributed by atoms with E-state index in [-0.39, 0.29) is 17.2 Å². The van der Waals surface area contributed by atoms with Crippen LogP contribution < -0.4 is 5.73 Å². The Balaban J connectivity index is 1.76. The molecule has 1 aromatic carbocycles. The Labute approximate surface area is 146 Å². The second kappa shape index (κ2) is 5.22. The maximum Gasteiger partial charge on any atom is 0.197 e. The summed E-state index contributed by atoms with van der Waals surface area (Å²) in [7, 11) is 1.93. The third-order valence-corrected chi connectivity index (χ3v) is 5.63. The molecular weight excluding hydrogens is 315 g/mol. The van der Waals surface area contributed by atoms with Gasteiger partial charge in [0.15, 0.2) is 5.95 Å². The third-order valence-electron chi connectivity index (χ3n) is 5.63. The topological polar surface area (TPSA) is 59.6 Å². The van der Waals surface area contributed by atoms with Crippen molar-refractivity contribution in [3.63, 3.8) is 0 Å². The molecule has 0 saturated heterocycles. The number of rotatable bonds is 3. The lowest BCUT2D eigenvalue weighted by atomic mass is 9.99. The molecule has 1 fully saturated rings. The minimum Gasteiger partial charge on any atom is -0.369 e. The van der Waals surface area contributed by atoms with Gasteiger partial charge >= 0.3 is 0 Å². The Kier molecular flexibility index (Phi) is 3.33. The van der Waals surface area contributed by atoms with E-state index in [1.807, 2.05) is 49.0 Å². The minimum atomic E-state index is -0.194. The van der Waals surface area contributed by atoms with Crippen molar-refractivity contribution in [3.05, 3.63) is 59.3 Å². The molecule has 3 N–H and O–H groups in total. The molecule has 1 aliphatic carbocycles. The highest BCUT2D eigenvalue weighted by molar-refractivity contribution is 5.63. The van der Waals surface area contributed by atoms with Crippen LogP contribution in [0.2, 0.25) is 0 Å². The molecule has 25 heavy (non-hydrogen) atoms. The first-order valence-corrected chi connectivity index (χ1v) is 8.54. The number of nitrogens with zero attached hydrogens (tertiary/aromatic N) is 2. The van der Waals surface area contributed by atoms with Crippen LogP contribution >= 0.6 is 0 Å². The lowest BCUT2D eigenvalue weighted by Crippen LogP contribution is -1.95. The normalized spacial score (nSPS) is 21.5. The van der Waals surface area contributed by atoms with Gasteiger partial charge in [0, 0.05) is 30.4 Å². The molecule has 130 valence electrons. The molecule has 3 aromatic rings. The number of nitrogen functional groups attached to an aromatic ring is 1. The molecule has 4 nitrogen and oxygen atoms in total. The zero-order chi connectivity index (χ0) is 17.9. The number of anilines is 1. The predicted octanol–water partition coefficient (Wildman–Crippen LogP) is 4.35. The summed E-state index contributed by atoms with van der Waals surface area (Å²) in [4.78, 5) is 7.58. The number of H-pyrrole nitrogens is 1. The minimum absolute atomic E-state index is 0.0652. The molecule has 2 heterocycles. The van der Waals surface area contributed by atoms with Crippen molar-refractivity contribution in [1.82, 2.24) is 14.5 Å². The second-order valence-corrected chi connectivity index (χ2v) is 7.65. The van der Waals surface area contributed by atoms with Gasteiger partial charge in [0.1, 0.15) is 5.82 Å². The Bertz CT molecular complexity index is 951. The summed E-state index contributed by atoms with van der Waals surface area (Å²) in [5.74, 6) is 0.847. The molecule has 2 atom stereocenters. The van der Waals surface area contributed by atoms with Crippen molar-refractivity contribution in [2.75, 3.05) is 5.73 Å². The molecule has 2 unspecified atom stereocenters. The molecule has 0 amide bonds. The highest BCUT2D eigenvalue weighted by Gasteiger charge is 2.60. The maximum absolute atomic E-state index is 14.4. The fourth-order valence-corrected chi connectivity index (χ4v) is 4.24. The number of aromatic amines is 1. The van der Waals surface area contributed by atoms with Gasteiger partial charge in [0.25, 0.3) is 0 Å². The van der Waals surface area contributed by atoms with Crippen LogP contribution in [0, 0.1) is 18.2 Å². The van der Waals surface area contributed by atoms with E-state index in [1.165, 1.54) is 0 Å². The molecular formula is C20H23FN4. The summed E-state index contributed by atoms with van der Waals surface area (Å²) in [6.07, 6.45) is 1.93.